The lowest BCUT2D eigenvalue weighted by Gasteiger charge is -2.37. The molecule has 0 aromatic rings. The van der Waals surface area contributed by atoms with Crippen molar-refractivity contribution in [1.29, 1.82) is 0 Å². The first kappa shape index (κ1) is 14.3. The molecule has 18 heavy (non-hydrogen) atoms. The molecule has 3 unspecified atom stereocenters. The summed E-state index contributed by atoms with van der Waals surface area (Å²) in [6.45, 7) is 7.85. The zero-order valence-corrected chi connectivity index (χ0v) is 11.7. The Morgan fingerprint density at radius 2 is 2.11 bits per heavy atom. The fourth-order valence-corrected chi connectivity index (χ4v) is 2.81. The predicted octanol–water partition coefficient (Wildman–Crippen LogP) is 1.42. The van der Waals surface area contributed by atoms with Gasteiger partial charge in [-0.15, -0.1) is 0 Å². The number of ether oxygens (including phenoxy) is 2. The number of morpholine rings is 1. The molecule has 0 spiro atoms. The molecule has 2 fully saturated rings. The lowest BCUT2D eigenvalue weighted by molar-refractivity contribution is -0.0987. The van der Waals surface area contributed by atoms with Gasteiger partial charge in [0, 0.05) is 25.7 Å². The van der Waals surface area contributed by atoms with Crippen molar-refractivity contribution in [1.82, 2.24) is 4.90 Å². The van der Waals surface area contributed by atoms with Gasteiger partial charge in [-0.05, 0) is 39.5 Å². The van der Waals surface area contributed by atoms with E-state index in [1.165, 1.54) is 6.42 Å². The van der Waals surface area contributed by atoms with E-state index in [0.717, 1.165) is 45.6 Å². The highest BCUT2D eigenvalue weighted by atomic mass is 16.5. The SMILES string of the molecule is CC(C)N1CCOC(C(O)CCC2CCCO2)C1. The summed E-state index contributed by atoms with van der Waals surface area (Å²) in [6, 6.07) is 0.529. The average molecular weight is 257 g/mol. The van der Waals surface area contributed by atoms with E-state index >= 15 is 0 Å². The van der Waals surface area contributed by atoms with Crippen molar-refractivity contribution < 1.29 is 14.6 Å². The molecule has 2 heterocycles. The van der Waals surface area contributed by atoms with Crippen LogP contribution in [0.15, 0.2) is 0 Å². The van der Waals surface area contributed by atoms with E-state index in [-0.39, 0.29) is 12.2 Å². The first-order valence-electron chi connectivity index (χ1n) is 7.32. The smallest absolute Gasteiger partial charge is 0.0961 e. The van der Waals surface area contributed by atoms with Gasteiger partial charge in [0.1, 0.15) is 0 Å². The van der Waals surface area contributed by atoms with Crippen molar-refractivity contribution in [3.8, 4) is 0 Å². The van der Waals surface area contributed by atoms with E-state index in [1.54, 1.807) is 0 Å². The number of hydrogen-bond donors (Lipinski definition) is 1. The maximum atomic E-state index is 10.2. The highest BCUT2D eigenvalue weighted by Gasteiger charge is 2.28. The number of nitrogens with zero attached hydrogens (tertiary/aromatic N) is 1. The van der Waals surface area contributed by atoms with Gasteiger partial charge in [0.2, 0.25) is 0 Å². The molecule has 2 aliphatic rings. The molecule has 3 atom stereocenters. The quantitative estimate of drug-likeness (QED) is 0.809. The third-order valence-electron chi connectivity index (χ3n) is 4.09. The second-order valence-corrected chi connectivity index (χ2v) is 5.78. The van der Waals surface area contributed by atoms with Crippen LogP contribution in [0, 0.1) is 0 Å². The molecule has 2 saturated heterocycles. The molecule has 0 saturated carbocycles. The van der Waals surface area contributed by atoms with Crippen molar-refractivity contribution in [2.24, 2.45) is 0 Å². The lowest BCUT2D eigenvalue weighted by atomic mass is 10.0. The van der Waals surface area contributed by atoms with Gasteiger partial charge in [-0.2, -0.15) is 0 Å². The molecule has 4 nitrogen and oxygen atoms in total. The Kier molecular flexibility index (Phi) is 5.42. The molecular weight excluding hydrogens is 230 g/mol. The molecule has 1 N–H and O–H groups in total. The second-order valence-electron chi connectivity index (χ2n) is 5.78. The molecule has 0 aliphatic carbocycles. The third kappa shape index (κ3) is 3.92. The van der Waals surface area contributed by atoms with Crippen molar-refractivity contribution >= 4 is 0 Å². The standard InChI is InChI=1S/C14H27NO3/c1-11(2)15-7-9-18-14(10-15)13(16)6-5-12-4-3-8-17-12/h11-14,16H,3-10H2,1-2H3. The van der Waals surface area contributed by atoms with Crippen LogP contribution in [-0.4, -0.2) is 60.7 Å². The first-order chi connectivity index (χ1) is 8.66. The van der Waals surface area contributed by atoms with Crippen LogP contribution in [-0.2, 0) is 9.47 Å². The zero-order valence-electron chi connectivity index (χ0n) is 11.7. The van der Waals surface area contributed by atoms with Crippen LogP contribution >= 0.6 is 0 Å². The molecule has 0 bridgehead atoms. The molecule has 0 radical (unpaired) electrons. The molecule has 4 heteroatoms. The Labute approximate surface area is 110 Å². The van der Waals surface area contributed by atoms with Crippen molar-refractivity contribution in [3.63, 3.8) is 0 Å². The van der Waals surface area contributed by atoms with Crippen LogP contribution in [0.25, 0.3) is 0 Å². The molecule has 0 aromatic carbocycles. The van der Waals surface area contributed by atoms with E-state index in [1.807, 2.05) is 0 Å². The van der Waals surface area contributed by atoms with Crippen molar-refractivity contribution in [2.45, 2.75) is 63.9 Å². The number of aliphatic hydroxyl groups excluding tert-OH is 1. The van der Waals surface area contributed by atoms with Crippen LogP contribution in [0.5, 0.6) is 0 Å². The lowest BCUT2D eigenvalue weighted by Crippen LogP contribution is -2.50. The number of hydrogen-bond acceptors (Lipinski definition) is 4. The van der Waals surface area contributed by atoms with Gasteiger partial charge in [0.15, 0.2) is 0 Å². The van der Waals surface area contributed by atoms with Crippen molar-refractivity contribution in [2.75, 3.05) is 26.3 Å². The van der Waals surface area contributed by atoms with E-state index in [4.69, 9.17) is 9.47 Å². The summed E-state index contributed by atoms with van der Waals surface area (Å²) in [5.74, 6) is 0. The van der Waals surface area contributed by atoms with Gasteiger partial charge < -0.3 is 14.6 Å². The summed E-state index contributed by atoms with van der Waals surface area (Å²) in [7, 11) is 0. The summed E-state index contributed by atoms with van der Waals surface area (Å²) in [5.41, 5.74) is 0. The Morgan fingerprint density at radius 1 is 1.28 bits per heavy atom. The number of rotatable bonds is 5. The van der Waals surface area contributed by atoms with Gasteiger partial charge in [-0.1, -0.05) is 0 Å². The van der Waals surface area contributed by atoms with Crippen LogP contribution in [0.2, 0.25) is 0 Å². The van der Waals surface area contributed by atoms with Crippen LogP contribution in [0.1, 0.15) is 39.5 Å². The largest absolute Gasteiger partial charge is 0.390 e. The Bertz CT molecular complexity index is 241. The molecular formula is C14H27NO3. The monoisotopic (exact) mass is 257 g/mol. The maximum Gasteiger partial charge on any atom is 0.0961 e. The Balaban J connectivity index is 1.71. The third-order valence-corrected chi connectivity index (χ3v) is 4.09. The zero-order chi connectivity index (χ0) is 13.0. The average Bonchev–Trinajstić information content (AvgIpc) is 2.89. The fourth-order valence-electron chi connectivity index (χ4n) is 2.81. The normalized spacial score (nSPS) is 32.0. The summed E-state index contributed by atoms with van der Waals surface area (Å²) in [5, 5.41) is 10.2. The predicted molar refractivity (Wildman–Crippen MR) is 70.7 cm³/mol. The summed E-state index contributed by atoms with van der Waals surface area (Å²) in [4.78, 5) is 2.38. The van der Waals surface area contributed by atoms with Crippen LogP contribution in [0.4, 0.5) is 0 Å². The number of aliphatic hydroxyl groups is 1. The minimum atomic E-state index is -0.351. The summed E-state index contributed by atoms with van der Waals surface area (Å²) < 4.78 is 11.3. The van der Waals surface area contributed by atoms with Gasteiger partial charge in [-0.25, -0.2) is 0 Å². The van der Waals surface area contributed by atoms with Gasteiger partial charge in [0.25, 0.3) is 0 Å². The minimum Gasteiger partial charge on any atom is -0.390 e. The van der Waals surface area contributed by atoms with Gasteiger partial charge in [0.05, 0.1) is 24.9 Å². The van der Waals surface area contributed by atoms with E-state index in [9.17, 15) is 5.11 Å². The first-order valence-corrected chi connectivity index (χ1v) is 7.32. The topological polar surface area (TPSA) is 41.9 Å². The maximum absolute atomic E-state index is 10.2. The summed E-state index contributed by atoms with van der Waals surface area (Å²) in [6.07, 6.45) is 4.06. The van der Waals surface area contributed by atoms with Crippen molar-refractivity contribution in [3.05, 3.63) is 0 Å². The Morgan fingerprint density at radius 3 is 2.78 bits per heavy atom. The molecule has 0 aromatic heterocycles. The highest BCUT2D eigenvalue weighted by Crippen LogP contribution is 2.20. The Hall–Kier alpha value is -0.160. The molecule has 2 rings (SSSR count). The minimum absolute atomic E-state index is 0.0254. The second kappa shape index (κ2) is 6.85. The summed E-state index contributed by atoms with van der Waals surface area (Å²) >= 11 is 0. The van der Waals surface area contributed by atoms with Crippen LogP contribution in [0.3, 0.4) is 0 Å². The fraction of sp³-hybridized carbons (Fsp3) is 1.00. The van der Waals surface area contributed by atoms with Gasteiger partial charge in [-0.3, -0.25) is 4.90 Å². The van der Waals surface area contributed by atoms with Gasteiger partial charge >= 0.3 is 0 Å². The highest BCUT2D eigenvalue weighted by molar-refractivity contribution is 4.80. The van der Waals surface area contributed by atoms with Crippen LogP contribution < -0.4 is 0 Å². The molecule has 2 aliphatic heterocycles. The molecule has 106 valence electrons. The van der Waals surface area contributed by atoms with E-state index in [2.05, 4.69) is 18.7 Å². The molecule has 0 amide bonds. The van der Waals surface area contributed by atoms with E-state index < -0.39 is 0 Å². The van der Waals surface area contributed by atoms with E-state index in [0.29, 0.717) is 12.1 Å².